The van der Waals surface area contributed by atoms with Gasteiger partial charge in [0.25, 0.3) is 0 Å². The molecule has 0 spiro atoms. The Labute approximate surface area is 156 Å². The molecule has 4 rings (SSSR count). The minimum atomic E-state index is -0.510. The zero-order valence-electron chi connectivity index (χ0n) is 14.4. The van der Waals surface area contributed by atoms with Crippen LogP contribution in [0.5, 0.6) is 0 Å². The highest BCUT2D eigenvalue weighted by Gasteiger charge is 2.29. The third kappa shape index (κ3) is 3.84. The molecule has 1 atom stereocenters. The van der Waals surface area contributed by atoms with Gasteiger partial charge in [0.05, 0.1) is 5.69 Å². The number of amides is 1. The second kappa shape index (κ2) is 7.37. The summed E-state index contributed by atoms with van der Waals surface area (Å²) < 4.78 is 13.3. The molecule has 1 unspecified atom stereocenters. The first kappa shape index (κ1) is 16.9. The van der Waals surface area contributed by atoms with Gasteiger partial charge in [-0.1, -0.05) is 12.1 Å². The number of hydrogen-bond donors (Lipinski definition) is 2. The number of aliphatic imine (C=N–C) groups is 1. The van der Waals surface area contributed by atoms with E-state index in [1.165, 1.54) is 12.1 Å². The summed E-state index contributed by atoms with van der Waals surface area (Å²) in [7, 11) is 0. The second-order valence-corrected chi connectivity index (χ2v) is 6.24. The lowest BCUT2D eigenvalue weighted by atomic mass is 10.0. The van der Waals surface area contributed by atoms with Gasteiger partial charge < -0.3 is 10.6 Å². The number of halogens is 1. The summed E-state index contributed by atoms with van der Waals surface area (Å²) in [5, 5.41) is 6.00. The summed E-state index contributed by atoms with van der Waals surface area (Å²) in [4.78, 5) is 20.6. The van der Waals surface area contributed by atoms with E-state index in [-0.39, 0.29) is 11.7 Å². The molecule has 6 heteroatoms. The van der Waals surface area contributed by atoms with Gasteiger partial charge in [0.1, 0.15) is 11.7 Å². The molecule has 0 aliphatic carbocycles. The molecule has 2 N–H and O–H groups in total. The van der Waals surface area contributed by atoms with Crippen LogP contribution in [-0.2, 0) is 11.3 Å². The SMILES string of the molecule is O=C1Nc2cc(F)ccc2C1C=Nc1ccc(NCc2cccnc2)cc1. The molecular weight excluding hydrogens is 343 g/mol. The van der Waals surface area contributed by atoms with Crippen molar-refractivity contribution in [2.45, 2.75) is 12.5 Å². The average molecular weight is 360 g/mol. The van der Waals surface area contributed by atoms with Gasteiger partial charge in [-0.2, -0.15) is 0 Å². The van der Waals surface area contributed by atoms with Gasteiger partial charge in [-0.15, -0.1) is 0 Å². The quantitative estimate of drug-likeness (QED) is 0.668. The Morgan fingerprint density at radius 2 is 2.04 bits per heavy atom. The Morgan fingerprint density at radius 3 is 2.81 bits per heavy atom. The first-order chi connectivity index (χ1) is 13.2. The smallest absolute Gasteiger partial charge is 0.237 e. The van der Waals surface area contributed by atoms with Crippen molar-refractivity contribution in [3.63, 3.8) is 0 Å². The fourth-order valence-electron chi connectivity index (χ4n) is 2.94. The molecule has 0 bridgehead atoms. The molecule has 1 aliphatic heterocycles. The van der Waals surface area contributed by atoms with Gasteiger partial charge in [0.15, 0.2) is 0 Å². The maximum atomic E-state index is 13.3. The molecule has 0 fully saturated rings. The summed E-state index contributed by atoms with van der Waals surface area (Å²) in [6, 6.07) is 15.8. The highest BCUT2D eigenvalue weighted by molar-refractivity contribution is 6.12. The number of carbonyl (C=O) groups excluding carboxylic acids is 1. The van der Waals surface area contributed by atoms with Crippen molar-refractivity contribution < 1.29 is 9.18 Å². The molecule has 1 amide bonds. The Balaban J connectivity index is 1.42. The number of nitrogens with one attached hydrogen (secondary N) is 2. The van der Waals surface area contributed by atoms with Gasteiger partial charge in [0.2, 0.25) is 5.91 Å². The van der Waals surface area contributed by atoms with Gasteiger partial charge in [0, 0.05) is 36.5 Å². The van der Waals surface area contributed by atoms with Gasteiger partial charge in [-0.05, 0) is 53.6 Å². The van der Waals surface area contributed by atoms with Crippen LogP contribution in [0.3, 0.4) is 0 Å². The number of nitrogens with zero attached hydrogens (tertiary/aromatic N) is 2. The molecule has 1 aliphatic rings. The molecule has 0 radical (unpaired) electrons. The fourth-order valence-corrected chi connectivity index (χ4v) is 2.94. The van der Waals surface area contributed by atoms with E-state index < -0.39 is 5.92 Å². The van der Waals surface area contributed by atoms with Crippen molar-refractivity contribution >= 4 is 29.2 Å². The van der Waals surface area contributed by atoms with Crippen molar-refractivity contribution in [3.05, 3.63) is 83.9 Å². The molecule has 2 heterocycles. The lowest BCUT2D eigenvalue weighted by Gasteiger charge is -2.06. The number of hydrogen-bond acceptors (Lipinski definition) is 4. The molecule has 5 nitrogen and oxygen atoms in total. The van der Waals surface area contributed by atoms with E-state index in [0.717, 1.165) is 22.5 Å². The number of aromatic nitrogens is 1. The predicted molar refractivity (Wildman–Crippen MR) is 104 cm³/mol. The molecular formula is C21H17FN4O. The highest BCUT2D eigenvalue weighted by Crippen LogP contribution is 2.32. The largest absolute Gasteiger partial charge is 0.381 e. The molecule has 134 valence electrons. The predicted octanol–water partition coefficient (Wildman–Crippen LogP) is 4.27. The van der Waals surface area contributed by atoms with Crippen LogP contribution < -0.4 is 10.6 Å². The highest BCUT2D eigenvalue weighted by atomic mass is 19.1. The third-order valence-electron chi connectivity index (χ3n) is 4.35. The summed E-state index contributed by atoms with van der Waals surface area (Å²) in [6.07, 6.45) is 5.16. The number of fused-ring (bicyclic) bond motifs is 1. The first-order valence-electron chi connectivity index (χ1n) is 8.56. The molecule has 1 aromatic heterocycles. The minimum absolute atomic E-state index is 0.200. The summed E-state index contributed by atoms with van der Waals surface area (Å²) in [5.74, 6) is -1.08. The summed E-state index contributed by atoms with van der Waals surface area (Å²) >= 11 is 0. The monoisotopic (exact) mass is 360 g/mol. The topological polar surface area (TPSA) is 66.4 Å². The molecule has 0 saturated heterocycles. The van der Waals surface area contributed by atoms with Gasteiger partial charge in [-0.3, -0.25) is 14.8 Å². The standard InChI is InChI=1S/C21H17FN4O/c22-15-3-8-18-19(21(27)26-20(18)10-15)13-25-17-6-4-16(5-7-17)24-12-14-2-1-9-23-11-14/h1-11,13,19,24H,12H2,(H,26,27). The summed E-state index contributed by atoms with van der Waals surface area (Å²) in [6.45, 7) is 0.687. The van der Waals surface area contributed by atoms with E-state index in [1.807, 2.05) is 42.6 Å². The van der Waals surface area contributed by atoms with E-state index in [9.17, 15) is 9.18 Å². The molecule has 0 saturated carbocycles. The number of benzene rings is 2. The Kier molecular flexibility index (Phi) is 4.61. The van der Waals surface area contributed by atoms with Crippen LogP contribution in [0.1, 0.15) is 17.0 Å². The van der Waals surface area contributed by atoms with Crippen LogP contribution in [0.4, 0.5) is 21.5 Å². The van der Waals surface area contributed by atoms with E-state index in [4.69, 9.17) is 0 Å². The first-order valence-corrected chi connectivity index (χ1v) is 8.56. The van der Waals surface area contributed by atoms with E-state index in [2.05, 4.69) is 20.6 Å². The normalized spacial score (nSPS) is 15.6. The van der Waals surface area contributed by atoms with Crippen LogP contribution in [0, 0.1) is 5.82 Å². The lowest BCUT2D eigenvalue weighted by Crippen LogP contribution is -2.12. The van der Waals surface area contributed by atoms with Crippen molar-refractivity contribution in [1.29, 1.82) is 0 Å². The van der Waals surface area contributed by atoms with Crippen molar-refractivity contribution in [2.75, 3.05) is 10.6 Å². The number of anilines is 2. The Morgan fingerprint density at radius 1 is 1.19 bits per heavy atom. The fraction of sp³-hybridized carbons (Fsp3) is 0.0952. The Bertz CT molecular complexity index is 987. The van der Waals surface area contributed by atoms with E-state index in [0.29, 0.717) is 12.2 Å². The van der Waals surface area contributed by atoms with E-state index >= 15 is 0 Å². The van der Waals surface area contributed by atoms with E-state index in [1.54, 1.807) is 18.5 Å². The van der Waals surface area contributed by atoms with Crippen molar-refractivity contribution in [2.24, 2.45) is 4.99 Å². The zero-order valence-corrected chi connectivity index (χ0v) is 14.4. The van der Waals surface area contributed by atoms with Crippen LogP contribution in [-0.4, -0.2) is 17.1 Å². The number of carbonyl (C=O) groups is 1. The zero-order chi connectivity index (χ0) is 18.6. The average Bonchev–Trinajstić information content (AvgIpc) is 3.00. The maximum Gasteiger partial charge on any atom is 0.237 e. The van der Waals surface area contributed by atoms with Crippen LogP contribution in [0.15, 0.2) is 72.0 Å². The molecule has 3 aromatic rings. The maximum absolute atomic E-state index is 13.3. The van der Waals surface area contributed by atoms with Gasteiger partial charge in [-0.25, -0.2) is 4.39 Å². The summed E-state index contributed by atoms with van der Waals surface area (Å²) in [5.41, 5.74) is 4.05. The lowest BCUT2D eigenvalue weighted by molar-refractivity contribution is -0.115. The second-order valence-electron chi connectivity index (χ2n) is 6.24. The number of rotatable bonds is 5. The van der Waals surface area contributed by atoms with Crippen molar-refractivity contribution in [3.8, 4) is 0 Å². The molecule has 27 heavy (non-hydrogen) atoms. The minimum Gasteiger partial charge on any atom is -0.381 e. The van der Waals surface area contributed by atoms with Gasteiger partial charge >= 0.3 is 0 Å². The van der Waals surface area contributed by atoms with Crippen LogP contribution in [0.2, 0.25) is 0 Å². The molecule has 2 aromatic carbocycles. The van der Waals surface area contributed by atoms with Crippen LogP contribution in [0.25, 0.3) is 0 Å². The Hall–Kier alpha value is -3.54. The number of pyridine rings is 1. The third-order valence-corrected chi connectivity index (χ3v) is 4.35. The van der Waals surface area contributed by atoms with Crippen molar-refractivity contribution in [1.82, 2.24) is 4.98 Å². The van der Waals surface area contributed by atoms with Crippen LogP contribution >= 0.6 is 0 Å².